The number of rotatable bonds is 2. The first-order chi connectivity index (χ1) is 3.68. The fourth-order valence-corrected chi connectivity index (χ4v) is 0.311. The van der Waals surface area contributed by atoms with Crippen molar-refractivity contribution in [3.8, 4) is 0 Å². The molecule has 5 heteroatoms. The van der Waals surface area contributed by atoms with E-state index in [-0.39, 0.29) is 5.03 Å². The lowest BCUT2D eigenvalue weighted by Crippen LogP contribution is -1.99. The van der Waals surface area contributed by atoms with Gasteiger partial charge in [0.25, 0.3) is 0 Å². The summed E-state index contributed by atoms with van der Waals surface area (Å²) in [7, 11) is 1.57. The third kappa shape index (κ3) is 2.46. The van der Waals surface area contributed by atoms with Gasteiger partial charge in [-0.3, -0.25) is 10.1 Å². The maximum Gasteiger partial charge on any atom is 0.315 e. The second-order valence-corrected chi connectivity index (χ2v) is 1.51. The summed E-state index contributed by atoms with van der Waals surface area (Å²) in [4.78, 5) is 9.13. The van der Waals surface area contributed by atoms with Crippen molar-refractivity contribution in [2.24, 2.45) is 0 Å². The highest BCUT2D eigenvalue weighted by Gasteiger charge is 1.98. The van der Waals surface area contributed by atoms with Gasteiger partial charge < -0.3 is 5.32 Å². The lowest BCUT2D eigenvalue weighted by atomic mass is 10.9. The van der Waals surface area contributed by atoms with Gasteiger partial charge in [-0.25, -0.2) is 0 Å². The summed E-state index contributed by atoms with van der Waals surface area (Å²) in [6.07, 6.45) is 1.20. The Kier molecular flexibility index (Phi) is 3.02. The summed E-state index contributed by atoms with van der Waals surface area (Å²) in [6.45, 7) is 0. The van der Waals surface area contributed by atoms with Crippen LogP contribution in [0, 0.1) is 10.1 Å². The minimum atomic E-state index is -0.584. The Labute approximate surface area is 52.1 Å². The Hall–Kier alpha value is -0.710. The van der Waals surface area contributed by atoms with Crippen molar-refractivity contribution in [1.82, 2.24) is 5.32 Å². The molecule has 0 saturated carbocycles. The monoisotopic (exact) mass is 134 g/mol. The minimum Gasteiger partial charge on any atom is -0.388 e. The van der Waals surface area contributed by atoms with Crippen LogP contribution in [0.3, 0.4) is 0 Å². The topological polar surface area (TPSA) is 55.2 Å². The maximum absolute atomic E-state index is 9.71. The normalized spacial score (nSPS) is 11.0. The molecule has 0 radical (unpaired) electrons. The SMILES string of the molecule is CNC=C(S)[N+](=O)[O-]. The van der Waals surface area contributed by atoms with E-state index in [4.69, 9.17) is 0 Å². The van der Waals surface area contributed by atoms with Gasteiger partial charge >= 0.3 is 5.03 Å². The third-order valence-corrected chi connectivity index (χ3v) is 0.753. The van der Waals surface area contributed by atoms with E-state index in [2.05, 4.69) is 17.9 Å². The number of nitrogens with one attached hydrogen (secondary N) is 1. The average Bonchev–Trinajstić information content (AvgIpc) is 1.67. The summed E-state index contributed by atoms with van der Waals surface area (Å²) >= 11 is 3.50. The van der Waals surface area contributed by atoms with Gasteiger partial charge in [-0.05, 0) is 0 Å². The van der Waals surface area contributed by atoms with E-state index >= 15 is 0 Å². The van der Waals surface area contributed by atoms with Crippen LogP contribution in [-0.2, 0) is 0 Å². The van der Waals surface area contributed by atoms with Gasteiger partial charge in [0.2, 0.25) is 0 Å². The van der Waals surface area contributed by atoms with Crippen molar-refractivity contribution < 1.29 is 4.92 Å². The number of hydrogen-bond acceptors (Lipinski definition) is 4. The quantitative estimate of drug-likeness (QED) is 0.322. The molecule has 0 aliphatic carbocycles. The molecule has 0 aromatic heterocycles. The molecule has 0 aromatic carbocycles. The van der Waals surface area contributed by atoms with E-state index in [1.54, 1.807) is 7.05 Å². The summed E-state index contributed by atoms with van der Waals surface area (Å²) in [6, 6.07) is 0. The lowest BCUT2D eigenvalue weighted by molar-refractivity contribution is -0.410. The minimum absolute atomic E-state index is 0.187. The molecule has 0 saturated heterocycles. The fraction of sp³-hybridized carbons (Fsp3) is 0.333. The van der Waals surface area contributed by atoms with Crippen LogP contribution in [0.5, 0.6) is 0 Å². The molecular formula is C3H6N2O2S. The van der Waals surface area contributed by atoms with Gasteiger partial charge in [-0.1, -0.05) is 12.6 Å². The molecule has 0 aliphatic rings. The van der Waals surface area contributed by atoms with Gasteiger partial charge in [0.05, 0.1) is 11.1 Å². The number of nitro groups is 1. The van der Waals surface area contributed by atoms with Crippen LogP contribution in [-0.4, -0.2) is 12.0 Å². The summed E-state index contributed by atoms with van der Waals surface area (Å²) in [5.41, 5.74) is 0. The van der Waals surface area contributed by atoms with Gasteiger partial charge in [0.15, 0.2) is 0 Å². The van der Waals surface area contributed by atoms with Gasteiger partial charge in [-0.15, -0.1) is 0 Å². The maximum atomic E-state index is 9.71. The standard InChI is InChI=1S/C3H6N2O2S/c1-4-2-3(8)5(6)7/h2,4,8H,1H3. The van der Waals surface area contributed by atoms with Crippen LogP contribution >= 0.6 is 12.6 Å². The van der Waals surface area contributed by atoms with Crippen molar-refractivity contribution in [2.75, 3.05) is 7.05 Å². The van der Waals surface area contributed by atoms with E-state index in [9.17, 15) is 10.1 Å². The molecule has 46 valence electrons. The molecule has 0 heterocycles. The second kappa shape index (κ2) is 3.31. The largest absolute Gasteiger partial charge is 0.388 e. The molecule has 0 rings (SSSR count). The van der Waals surface area contributed by atoms with Crippen LogP contribution in [0.1, 0.15) is 0 Å². The van der Waals surface area contributed by atoms with Crippen molar-refractivity contribution in [3.63, 3.8) is 0 Å². The first-order valence-corrected chi connectivity index (χ1v) is 2.34. The van der Waals surface area contributed by atoms with E-state index < -0.39 is 4.92 Å². The Morgan fingerprint density at radius 2 is 2.50 bits per heavy atom. The molecule has 0 atom stereocenters. The highest BCUT2D eigenvalue weighted by Crippen LogP contribution is 1.96. The number of nitrogens with zero attached hydrogens (tertiary/aromatic N) is 1. The smallest absolute Gasteiger partial charge is 0.315 e. The zero-order valence-corrected chi connectivity index (χ0v) is 5.18. The molecule has 8 heavy (non-hydrogen) atoms. The van der Waals surface area contributed by atoms with Crippen molar-refractivity contribution >= 4 is 12.6 Å². The number of thiol groups is 1. The predicted octanol–water partition coefficient (Wildman–Crippen LogP) is 0.211. The highest BCUT2D eigenvalue weighted by molar-refractivity contribution is 7.84. The van der Waals surface area contributed by atoms with Crippen LogP contribution < -0.4 is 5.32 Å². The van der Waals surface area contributed by atoms with Crippen LogP contribution in [0.2, 0.25) is 0 Å². The Morgan fingerprint density at radius 3 is 2.62 bits per heavy atom. The molecular weight excluding hydrogens is 128 g/mol. The van der Waals surface area contributed by atoms with Crippen molar-refractivity contribution in [1.29, 1.82) is 0 Å². The van der Waals surface area contributed by atoms with Crippen molar-refractivity contribution in [2.45, 2.75) is 0 Å². The zero-order valence-electron chi connectivity index (χ0n) is 4.29. The van der Waals surface area contributed by atoms with E-state index in [1.165, 1.54) is 6.20 Å². The van der Waals surface area contributed by atoms with Crippen molar-refractivity contribution in [3.05, 3.63) is 21.3 Å². The molecule has 4 nitrogen and oxygen atoms in total. The summed E-state index contributed by atoms with van der Waals surface area (Å²) in [5.74, 6) is 0. The summed E-state index contributed by atoms with van der Waals surface area (Å²) in [5, 5.41) is 12.0. The zero-order chi connectivity index (χ0) is 6.57. The molecule has 0 spiro atoms. The van der Waals surface area contributed by atoms with E-state index in [0.717, 1.165) is 0 Å². The first kappa shape index (κ1) is 7.29. The Morgan fingerprint density at radius 1 is 2.00 bits per heavy atom. The molecule has 0 fully saturated rings. The molecule has 0 unspecified atom stereocenters. The Bertz CT molecular complexity index is 122. The van der Waals surface area contributed by atoms with Crippen LogP contribution in [0.15, 0.2) is 11.2 Å². The third-order valence-electron chi connectivity index (χ3n) is 0.460. The number of hydrogen-bond donors (Lipinski definition) is 2. The second-order valence-electron chi connectivity index (χ2n) is 1.05. The van der Waals surface area contributed by atoms with E-state index in [0.29, 0.717) is 0 Å². The van der Waals surface area contributed by atoms with E-state index in [1.807, 2.05) is 0 Å². The van der Waals surface area contributed by atoms with Gasteiger partial charge in [0.1, 0.15) is 0 Å². The molecule has 1 N–H and O–H groups in total. The molecule has 0 bridgehead atoms. The Balaban J connectivity index is 3.80. The van der Waals surface area contributed by atoms with Crippen LogP contribution in [0.25, 0.3) is 0 Å². The van der Waals surface area contributed by atoms with Gasteiger partial charge in [-0.2, -0.15) is 0 Å². The first-order valence-electron chi connectivity index (χ1n) is 1.89. The molecule has 0 aromatic rings. The lowest BCUT2D eigenvalue weighted by Gasteiger charge is -1.85. The van der Waals surface area contributed by atoms with Crippen LogP contribution in [0.4, 0.5) is 0 Å². The fourth-order valence-electron chi connectivity index (χ4n) is 0.182. The average molecular weight is 134 g/mol. The summed E-state index contributed by atoms with van der Waals surface area (Å²) < 4.78 is 0. The molecule has 0 aliphatic heterocycles. The molecule has 0 amide bonds. The predicted molar refractivity (Wildman–Crippen MR) is 33.1 cm³/mol. The van der Waals surface area contributed by atoms with Gasteiger partial charge in [0, 0.05) is 7.05 Å². The highest BCUT2D eigenvalue weighted by atomic mass is 32.1.